The van der Waals surface area contributed by atoms with Crippen LogP contribution in [0.1, 0.15) is 70.5 Å². The first-order valence-corrected chi connectivity index (χ1v) is 10.4. The Labute approximate surface area is 184 Å². The molecule has 7 heteroatoms. The van der Waals surface area contributed by atoms with Crippen molar-refractivity contribution in [1.82, 2.24) is 10.6 Å². The second-order valence-electron chi connectivity index (χ2n) is 7.38. The SMILES string of the molecule is CCCNc1c(C(=O)O)cccc1C(=O)NC=O.CNCc1c(C)cccc1C(C)C. The average Bonchev–Trinajstić information content (AvgIpc) is 2.74. The maximum atomic E-state index is 11.6. The lowest BCUT2D eigenvalue weighted by atomic mass is 9.94. The molecule has 0 aliphatic heterocycles. The topological polar surface area (TPSA) is 108 Å². The number of amides is 2. The van der Waals surface area contributed by atoms with Gasteiger partial charge in [0.05, 0.1) is 16.8 Å². The zero-order valence-corrected chi connectivity index (χ0v) is 18.9. The fraction of sp³-hybridized carbons (Fsp3) is 0.375. The van der Waals surface area contributed by atoms with Gasteiger partial charge in [0.1, 0.15) is 0 Å². The molecule has 2 aromatic rings. The number of hydrogen-bond donors (Lipinski definition) is 4. The first-order valence-electron chi connectivity index (χ1n) is 10.4. The van der Waals surface area contributed by atoms with Crippen molar-refractivity contribution >= 4 is 24.0 Å². The van der Waals surface area contributed by atoms with E-state index in [-0.39, 0.29) is 23.2 Å². The highest BCUT2D eigenvalue weighted by atomic mass is 16.4. The third kappa shape index (κ3) is 7.53. The summed E-state index contributed by atoms with van der Waals surface area (Å²) in [6, 6.07) is 10.9. The molecule has 2 rings (SSSR count). The molecule has 4 N–H and O–H groups in total. The van der Waals surface area contributed by atoms with Crippen molar-refractivity contribution in [1.29, 1.82) is 0 Å². The molecule has 0 saturated carbocycles. The lowest BCUT2D eigenvalue weighted by molar-refractivity contribution is -0.108. The lowest BCUT2D eigenvalue weighted by Crippen LogP contribution is -2.23. The number of carboxylic acids is 1. The zero-order chi connectivity index (χ0) is 23.4. The van der Waals surface area contributed by atoms with Gasteiger partial charge < -0.3 is 15.7 Å². The molecule has 0 fully saturated rings. The van der Waals surface area contributed by atoms with E-state index >= 15 is 0 Å². The van der Waals surface area contributed by atoms with Gasteiger partial charge in [-0.3, -0.25) is 14.9 Å². The minimum Gasteiger partial charge on any atom is -0.478 e. The molecule has 0 saturated heterocycles. The van der Waals surface area contributed by atoms with Gasteiger partial charge in [0.2, 0.25) is 6.41 Å². The summed E-state index contributed by atoms with van der Waals surface area (Å²) in [4.78, 5) is 33.0. The lowest BCUT2D eigenvalue weighted by Gasteiger charge is -2.14. The highest BCUT2D eigenvalue weighted by molar-refractivity contribution is 6.08. The number of aromatic carboxylic acids is 1. The Bertz CT molecular complexity index is 894. The van der Waals surface area contributed by atoms with E-state index < -0.39 is 11.9 Å². The molecular weight excluding hydrogens is 394 g/mol. The molecule has 0 aliphatic carbocycles. The predicted molar refractivity (Wildman–Crippen MR) is 124 cm³/mol. The van der Waals surface area contributed by atoms with Crippen LogP contribution in [-0.2, 0) is 11.3 Å². The van der Waals surface area contributed by atoms with E-state index in [0.717, 1.165) is 13.0 Å². The van der Waals surface area contributed by atoms with E-state index in [1.165, 1.54) is 34.9 Å². The van der Waals surface area contributed by atoms with Crippen molar-refractivity contribution in [3.8, 4) is 0 Å². The summed E-state index contributed by atoms with van der Waals surface area (Å²) in [7, 11) is 2.00. The molecule has 0 aliphatic rings. The van der Waals surface area contributed by atoms with E-state index in [4.69, 9.17) is 5.11 Å². The van der Waals surface area contributed by atoms with E-state index in [1.807, 2.05) is 19.3 Å². The van der Waals surface area contributed by atoms with Crippen LogP contribution in [0.25, 0.3) is 0 Å². The van der Waals surface area contributed by atoms with Gasteiger partial charge in [-0.25, -0.2) is 4.79 Å². The Kier molecular flexibility index (Phi) is 11.0. The Morgan fingerprint density at radius 1 is 1.10 bits per heavy atom. The minimum atomic E-state index is -1.13. The van der Waals surface area contributed by atoms with Crippen LogP contribution in [0, 0.1) is 6.92 Å². The molecular formula is C24H33N3O4. The number of carbonyl (C=O) groups is 3. The molecule has 7 nitrogen and oxygen atoms in total. The molecule has 168 valence electrons. The number of benzene rings is 2. The van der Waals surface area contributed by atoms with Gasteiger partial charge >= 0.3 is 5.97 Å². The Morgan fingerprint density at radius 2 is 1.74 bits per heavy atom. The summed E-state index contributed by atoms with van der Waals surface area (Å²) >= 11 is 0. The zero-order valence-electron chi connectivity index (χ0n) is 18.9. The molecule has 0 heterocycles. The van der Waals surface area contributed by atoms with Crippen LogP contribution in [0.4, 0.5) is 5.69 Å². The normalized spacial score (nSPS) is 10.1. The summed E-state index contributed by atoms with van der Waals surface area (Å²) in [5.41, 5.74) is 4.68. The third-order valence-corrected chi connectivity index (χ3v) is 4.70. The van der Waals surface area contributed by atoms with Gasteiger partial charge in [-0.2, -0.15) is 0 Å². The molecule has 0 bridgehead atoms. The van der Waals surface area contributed by atoms with Crippen molar-refractivity contribution in [3.63, 3.8) is 0 Å². The second kappa shape index (κ2) is 13.2. The van der Waals surface area contributed by atoms with Crippen molar-refractivity contribution < 1.29 is 19.5 Å². The van der Waals surface area contributed by atoms with Crippen molar-refractivity contribution in [2.45, 2.75) is 46.6 Å². The number of carbonyl (C=O) groups excluding carboxylic acids is 2. The van der Waals surface area contributed by atoms with Gasteiger partial charge in [-0.05, 0) is 55.1 Å². The van der Waals surface area contributed by atoms with Crippen molar-refractivity contribution in [3.05, 3.63) is 64.2 Å². The Morgan fingerprint density at radius 3 is 2.29 bits per heavy atom. The number of hydrogen-bond acceptors (Lipinski definition) is 5. The first-order chi connectivity index (χ1) is 14.8. The number of rotatable bonds is 9. The van der Waals surface area contributed by atoms with Gasteiger partial charge in [0.15, 0.2) is 0 Å². The quantitative estimate of drug-likeness (QED) is 0.452. The van der Waals surface area contributed by atoms with Crippen LogP contribution in [0.3, 0.4) is 0 Å². The summed E-state index contributed by atoms with van der Waals surface area (Å²) < 4.78 is 0. The fourth-order valence-electron chi connectivity index (χ4n) is 3.18. The summed E-state index contributed by atoms with van der Waals surface area (Å²) in [6.45, 7) is 10.1. The molecule has 31 heavy (non-hydrogen) atoms. The fourth-order valence-corrected chi connectivity index (χ4v) is 3.18. The molecule has 2 amide bonds. The van der Waals surface area contributed by atoms with Crippen LogP contribution in [0.5, 0.6) is 0 Å². The monoisotopic (exact) mass is 427 g/mol. The smallest absolute Gasteiger partial charge is 0.337 e. The Hall–Kier alpha value is -3.19. The summed E-state index contributed by atoms with van der Waals surface area (Å²) in [6.07, 6.45) is 1.04. The third-order valence-electron chi connectivity index (χ3n) is 4.70. The largest absolute Gasteiger partial charge is 0.478 e. The maximum absolute atomic E-state index is 11.6. The second-order valence-corrected chi connectivity index (χ2v) is 7.38. The highest BCUT2D eigenvalue weighted by Gasteiger charge is 2.17. The van der Waals surface area contributed by atoms with Crippen LogP contribution >= 0.6 is 0 Å². The van der Waals surface area contributed by atoms with E-state index in [9.17, 15) is 14.4 Å². The molecule has 0 radical (unpaired) electrons. The van der Waals surface area contributed by atoms with Crippen LogP contribution < -0.4 is 16.0 Å². The average molecular weight is 428 g/mol. The predicted octanol–water partition coefficient (Wildman–Crippen LogP) is 3.93. The molecule has 0 atom stereocenters. The number of imide groups is 1. The van der Waals surface area contributed by atoms with Crippen LogP contribution in [0.2, 0.25) is 0 Å². The van der Waals surface area contributed by atoms with Gasteiger partial charge in [-0.15, -0.1) is 0 Å². The number of para-hydroxylation sites is 1. The molecule has 0 unspecified atom stereocenters. The first kappa shape index (κ1) is 25.8. The van der Waals surface area contributed by atoms with Crippen LogP contribution in [-0.4, -0.2) is 37.0 Å². The van der Waals surface area contributed by atoms with Crippen molar-refractivity contribution in [2.24, 2.45) is 0 Å². The Balaban J connectivity index is 0.000000327. The minimum absolute atomic E-state index is 0.00185. The van der Waals surface area contributed by atoms with Gasteiger partial charge in [0.25, 0.3) is 5.91 Å². The van der Waals surface area contributed by atoms with E-state index in [2.05, 4.69) is 49.6 Å². The summed E-state index contributed by atoms with van der Waals surface area (Å²) in [5, 5.41) is 17.2. The maximum Gasteiger partial charge on any atom is 0.337 e. The number of carboxylic acid groups (broad SMARTS) is 1. The number of aryl methyl sites for hydroxylation is 1. The molecule has 0 spiro atoms. The van der Waals surface area contributed by atoms with E-state index in [0.29, 0.717) is 12.5 Å². The van der Waals surface area contributed by atoms with E-state index in [1.54, 1.807) is 0 Å². The number of nitrogens with one attached hydrogen (secondary N) is 3. The molecule has 0 aromatic heterocycles. The highest BCUT2D eigenvalue weighted by Crippen LogP contribution is 2.22. The van der Waals surface area contributed by atoms with Crippen LogP contribution in [0.15, 0.2) is 36.4 Å². The standard InChI is InChI=1S/C12H14N2O4.C12H19N/c1-2-6-13-10-8(11(16)14-7-15)4-3-5-9(10)12(17)18;1-9(2)11-7-5-6-10(3)12(11)8-13-4/h3-5,7,13H,2,6H2,1H3,(H,17,18)(H,14,15,16);5-7,9,13H,8H2,1-4H3. The van der Waals surface area contributed by atoms with Crippen molar-refractivity contribution in [2.75, 3.05) is 18.9 Å². The molecule has 2 aromatic carbocycles. The van der Waals surface area contributed by atoms with Gasteiger partial charge in [0, 0.05) is 13.1 Å². The van der Waals surface area contributed by atoms with Gasteiger partial charge in [-0.1, -0.05) is 45.0 Å². The number of anilines is 1. The summed E-state index contributed by atoms with van der Waals surface area (Å²) in [5.74, 6) is -1.15.